The van der Waals surface area contributed by atoms with Gasteiger partial charge >= 0.3 is 0 Å². The minimum absolute atomic E-state index is 0.253. The van der Waals surface area contributed by atoms with E-state index < -0.39 is 0 Å². The van der Waals surface area contributed by atoms with Crippen molar-refractivity contribution in [2.24, 2.45) is 0 Å². The molecule has 0 aliphatic carbocycles. The molecule has 2 aromatic heterocycles. The van der Waals surface area contributed by atoms with E-state index in [1.807, 2.05) is 48.7 Å². The van der Waals surface area contributed by atoms with Crippen molar-refractivity contribution in [2.75, 3.05) is 0 Å². The lowest BCUT2D eigenvalue weighted by Gasteiger charge is -2.00. The van der Waals surface area contributed by atoms with Gasteiger partial charge in [-0.05, 0) is 36.4 Å². The summed E-state index contributed by atoms with van der Waals surface area (Å²) in [4.78, 5) is 4.53. The first-order valence-corrected chi connectivity index (χ1v) is 6.97. The van der Waals surface area contributed by atoms with Crippen LogP contribution in [0.3, 0.4) is 0 Å². The molecule has 4 rings (SSSR count). The van der Waals surface area contributed by atoms with Crippen molar-refractivity contribution in [3.05, 3.63) is 78.7 Å². The molecule has 0 amide bonds. The van der Waals surface area contributed by atoms with Crippen LogP contribution in [0.1, 0.15) is 0 Å². The van der Waals surface area contributed by atoms with Gasteiger partial charge in [-0.3, -0.25) is 0 Å². The van der Waals surface area contributed by atoms with Gasteiger partial charge in [0.25, 0.3) is 0 Å². The molecule has 3 nitrogen and oxygen atoms in total. The first-order valence-electron chi connectivity index (χ1n) is 6.97. The predicted molar refractivity (Wildman–Crippen MR) is 83.8 cm³/mol. The highest BCUT2D eigenvalue weighted by molar-refractivity contribution is 5.64. The predicted octanol–water partition coefficient (Wildman–Crippen LogP) is 4.20. The number of hydrogen-bond acceptors (Lipinski definition) is 2. The van der Waals surface area contributed by atoms with Crippen molar-refractivity contribution < 1.29 is 4.39 Å². The second kappa shape index (κ2) is 5.07. The second-order valence-corrected chi connectivity index (χ2v) is 5.02. The van der Waals surface area contributed by atoms with Crippen molar-refractivity contribution in [1.82, 2.24) is 14.6 Å². The Kier molecular flexibility index (Phi) is 2.93. The summed E-state index contributed by atoms with van der Waals surface area (Å²) in [5, 5.41) is 4.59. The molecular formula is C18H12FN3. The quantitative estimate of drug-likeness (QED) is 0.553. The van der Waals surface area contributed by atoms with Crippen molar-refractivity contribution in [3.8, 4) is 22.5 Å². The standard InChI is InChI=1S/C18H12FN3/c19-15-8-6-14(7-9-15)17-12-22-18(20-17)11-10-16(21-22)13-4-2-1-3-5-13/h1-12H. The van der Waals surface area contributed by atoms with Gasteiger partial charge in [-0.25, -0.2) is 13.9 Å². The summed E-state index contributed by atoms with van der Waals surface area (Å²) in [6, 6.07) is 20.2. The van der Waals surface area contributed by atoms with Crippen LogP contribution in [0, 0.1) is 5.82 Å². The van der Waals surface area contributed by atoms with Crippen LogP contribution in [-0.4, -0.2) is 14.6 Å². The molecule has 0 unspecified atom stereocenters. The second-order valence-electron chi connectivity index (χ2n) is 5.02. The Morgan fingerprint density at radius 3 is 2.23 bits per heavy atom. The van der Waals surface area contributed by atoms with Crippen LogP contribution in [-0.2, 0) is 0 Å². The molecule has 0 aliphatic heterocycles. The zero-order chi connectivity index (χ0) is 14.9. The van der Waals surface area contributed by atoms with Gasteiger partial charge in [0, 0.05) is 11.1 Å². The summed E-state index contributed by atoms with van der Waals surface area (Å²) in [5.74, 6) is -0.253. The summed E-state index contributed by atoms with van der Waals surface area (Å²) in [6.07, 6.45) is 1.86. The Bertz CT molecular complexity index is 928. The maximum absolute atomic E-state index is 13.0. The summed E-state index contributed by atoms with van der Waals surface area (Å²) >= 11 is 0. The van der Waals surface area contributed by atoms with E-state index in [4.69, 9.17) is 0 Å². The van der Waals surface area contributed by atoms with Crippen LogP contribution in [0.5, 0.6) is 0 Å². The summed E-state index contributed by atoms with van der Waals surface area (Å²) in [5.41, 5.74) is 4.35. The van der Waals surface area contributed by atoms with E-state index in [0.29, 0.717) is 0 Å². The highest BCUT2D eigenvalue weighted by Gasteiger charge is 2.07. The van der Waals surface area contributed by atoms with Crippen LogP contribution in [0.25, 0.3) is 28.2 Å². The van der Waals surface area contributed by atoms with Crippen molar-refractivity contribution in [2.45, 2.75) is 0 Å². The number of rotatable bonds is 2. The molecular weight excluding hydrogens is 277 g/mol. The minimum atomic E-state index is -0.253. The third kappa shape index (κ3) is 2.24. The zero-order valence-electron chi connectivity index (χ0n) is 11.6. The SMILES string of the molecule is Fc1ccc(-c2cn3nc(-c4ccccc4)ccc3n2)cc1. The van der Waals surface area contributed by atoms with Gasteiger partial charge < -0.3 is 0 Å². The lowest BCUT2D eigenvalue weighted by molar-refractivity contribution is 0.628. The molecule has 4 heteroatoms. The van der Waals surface area contributed by atoms with Gasteiger partial charge in [0.2, 0.25) is 0 Å². The molecule has 22 heavy (non-hydrogen) atoms. The van der Waals surface area contributed by atoms with E-state index in [0.717, 1.165) is 28.2 Å². The fourth-order valence-electron chi connectivity index (χ4n) is 2.40. The first kappa shape index (κ1) is 12.7. The molecule has 0 atom stereocenters. The summed E-state index contributed by atoms with van der Waals surface area (Å²) in [7, 11) is 0. The Morgan fingerprint density at radius 2 is 1.45 bits per heavy atom. The highest BCUT2D eigenvalue weighted by atomic mass is 19.1. The van der Waals surface area contributed by atoms with Crippen molar-refractivity contribution in [1.29, 1.82) is 0 Å². The average molecular weight is 289 g/mol. The van der Waals surface area contributed by atoms with Gasteiger partial charge in [0.1, 0.15) is 5.82 Å². The first-order chi connectivity index (χ1) is 10.8. The summed E-state index contributed by atoms with van der Waals surface area (Å²) in [6.45, 7) is 0. The molecule has 0 saturated heterocycles. The Balaban J connectivity index is 1.80. The Hall–Kier alpha value is -3.01. The van der Waals surface area contributed by atoms with Gasteiger partial charge in [0.05, 0.1) is 17.6 Å². The van der Waals surface area contributed by atoms with Crippen LogP contribution in [0.4, 0.5) is 4.39 Å². The average Bonchev–Trinajstić information content (AvgIpc) is 2.99. The van der Waals surface area contributed by atoms with E-state index >= 15 is 0 Å². The molecule has 0 spiro atoms. The lowest BCUT2D eigenvalue weighted by atomic mass is 10.1. The number of hydrogen-bond donors (Lipinski definition) is 0. The van der Waals surface area contributed by atoms with E-state index in [1.165, 1.54) is 12.1 Å². The molecule has 0 bridgehead atoms. The number of aromatic nitrogens is 3. The molecule has 0 saturated carbocycles. The van der Waals surface area contributed by atoms with Gasteiger partial charge in [-0.1, -0.05) is 30.3 Å². The maximum Gasteiger partial charge on any atom is 0.154 e. The van der Waals surface area contributed by atoms with Gasteiger partial charge in [0.15, 0.2) is 5.65 Å². The monoisotopic (exact) mass is 289 g/mol. The van der Waals surface area contributed by atoms with Crippen molar-refractivity contribution in [3.63, 3.8) is 0 Å². The molecule has 0 N–H and O–H groups in total. The van der Waals surface area contributed by atoms with Gasteiger partial charge in [-0.2, -0.15) is 5.10 Å². The third-order valence-electron chi connectivity index (χ3n) is 3.53. The minimum Gasteiger partial charge on any atom is -0.227 e. The third-order valence-corrected chi connectivity index (χ3v) is 3.53. The Morgan fingerprint density at radius 1 is 0.727 bits per heavy atom. The smallest absolute Gasteiger partial charge is 0.154 e. The van der Waals surface area contributed by atoms with Crippen LogP contribution < -0.4 is 0 Å². The largest absolute Gasteiger partial charge is 0.227 e. The number of imidazole rings is 1. The van der Waals surface area contributed by atoms with Crippen LogP contribution >= 0.6 is 0 Å². The van der Waals surface area contributed by atoms with E-state index in [2.05, 4.69) is 10.1 Å². The number of benzene rings is 2. The molecule has 0 fully saturated rings. The molecule has 0 radical (unpaired) electrons. The van der Waals surface area contributed by atoms with E-state index in [-0.39, 0.29) is 5.82 Å². The molecule has 2 aromatic carbocycles. The van der Waals surface area contributed by atoms with Crippen LogP contribution in [0.15, 0.2) is 72.9 Å². The molecule has 4 aromatic rings. The fourth-order valence-corrected chi connectivity index (χ4v) is 2.40. The lowest BCUT2D eigenvalue weighted by Crippen LogP contribution is -1.92. The van der Waals surface area contributed by atoms with E-state index in [1.54, 1.807) is 16.6 Å². The zero-order valence-corrected chi connectivity index (χ0v) is 11.6. The normalized spacial score (nSPS) is 11.0. The number of nitrogens with zero attached hydrogens (tertiary/aromatic N) is 3. The topological polar surface area (TPSA) is 30.2 Å². The number of halogens is 1. The van der Waals surface area contributed by atoms with Crippen LogP contribution in [0.2, 0.25) is 0 Å². The molecule has 2 heterocycles. The fraction of sp³-hybridized carbons (Fsp3) is 0. The van der Waals surface area contributed by atoms with Gasteiger partial charge in [-0.15, -0.1) is 0 Å². The Labute approximate surface area is 126 Å². The van der Waals surface area contributed by atoms with Crippen molar-refractivity contribution >= 4 is 5.65 Å². The molecule has 106 valence electrons. The maximum atomic E-state index is 13.0. The molecule has 0 aliphatic rings. The number of fused-ring (bicyclic) bond motifs is 1. The summed E-state index contributed by atoms with van der Waals surface area (Å²) < 4.78 is 14.8. The highest BCUT2D eigenvalue weighted by Crippen LogP contribution is 2.21. The van der Waals surface area contributed by atoms with E-state index in [9.17, 15) is 4.39 Å².